The van der Waals surface area contributed by atoms with E-state index in [1.165, 1.54) is 0 Å². The van der Waals surface area contributed by atoms with Crippen molar-refractivity contribution in [3.63, 3.8) is 0 Å². The van der Waals surface area contributed by atoms with E-state index in [2.05, 4.69) is 6.58 Å². The van der Waals surface area contributed by atoms with Crippen LogP contribution in [0.15, 0.2) is 23.3 Å². The zero-order chi connectivity index (χ0) is 17.3. The minimum atomic E-state index is -4.31. The maximum Gasteiger partial charge on any atom is 0.393 e. The van der Waals surface area contributed by atoms with Gasteiger partial charge in [-0.2, -0.15) is 13.2 Å². The van der Waals surface area contributed by atoms with E-state index in [-0.39, 0.29) is 5.57 Å². The molecule has 22 heavy (non-hydrogen) atoms. The van der Waals surface area contributed by atoms with Gasteiger partial charge in [-0.1, -0.05) is 45.4 Å². The molecule has 2 rings (SSSR count). The number of allylic oxidation sites excluding steroid dienone is 3. The van der Waals surface area contributed by atoms with Crippen LogP contribution in [0.5, 0.6) is 0 Å². The average Bonchev–Trinajstić information content (AvgIpc) is 2.52. The van der Waals surface area contributed by atoms with Crippen molar-refractivity contribution in [1.29, 1.82) is 0 Å². The number of halogens is 3. The first-order chi connectivity index (χ1) is 9.72. The quantitative estimate of drug-likeness (QED) is 0.798. The van der Waals surface area contributed by atoms with Gasteiger partial charge in [-0.25, -0.2) is 0 Å². The largest absolute Gasteiger partial charge is 0.481 e. The van der Waals surface area contributed by atoms with Crippen LogP contribution in [0.1, 0.15) is 47.5 Å². The van der Waals surface area contributed by atoms with Crippen LogP contribution in [-0.4, -0.2) is 17.3 Å². The fourth-order valence-electron chi connectivity index (χ4n) is 4.87. The molecule has 1 fully saturated rings. The molecule has 0 radical (unpaired) electrons. The lowest BCUT2D eigenvalue weighted by Gasteiger charge is -2.26. The Morgan fingerprint density at radius 2 is 1.73 bits per heavy atom. The molecular formula is C17H23F3O2. The molecule has 0 aliphatic heterocycles. The van der Waals surface area contributed by atoms with Gasteiger partial charge in [0, 0.05) is 5.92 Å². The Labute approximate surface area is 129 Å². The van der Waals surface area contributed by atoms with Crippen LogP contribution in [0.25, 0.3) is 0 Å². The fraction of sp³-hybridized carbons (Fsp3) is 0.706. The van der Waals surface area contributed by atoms with E-state index in [9.17, 15) is 23.1 Å². The molecule has 0 aromatic carbocycles. The Balaban J connectivity index is 2.51. The molecule has 1 unspecified atom stereocenters. The van der Waals surface area contributed by atoms with Gasteiger partial charge < -0.3 is 5.11 Å². The molecule has 1 N–H and O–H groups in total. The SMILES string of the molecule is C=C1CC(C2(C(=O)O)C(C)(C)C2(C)C)C(C)=C1CC(F)(F)F. The summed E-state index contributed by atoms with van der Waals surface area (Å²) in [6.07, 6.45) is -5.03. The highest BCUT2D eigenvalue weighted by Crippen LogP contribution is 2.82. The summed E-state index contributed by atoms with van der Waals surface area (Å²) in [5.41, 5.74) is -0.836. The molecule has 0 aromatic heterocycles. The van der Waals surface area contributed by atoms with Crippen LogP contribution in [0.2, 0.25) is 0 Å². The van der Waals surface area contributed by atoms with Gasteiger partial charge in [0.05, 0.1) is 11.8 Å². The molecule has 1 atom stereocenters. The van der Waals surface area contributed by atoms with E-state index in [0.29, 0.717) is 17.6 Å². The second kappa shape index (κ2) is 4.39. The van der Waals surface area contributed by atoms with Gasteiger partial charge in [0.25, 0.3) is 0 Å². The predicted octanol–water partition coefficient (Wildman–Crippen LogP) is 4.97. The summed E-state index contributed by atoms with van der Waals surface area (Å²) in [7, 11) is 0. The number of carboxylic acid groups (broad SMARTS) is 1. The summed E-state index contributed by atoms with van der Waals surface area (Å²) in [6, 6.07) is 0. The Morgan fingerprint density at radius 3 is 2.05 bits per heavy atom. The lowest BCUT2D eigenvalue weighted by atomic mass is 9.76. The molecule has 2 nitrogen and oxygen atoms in total. The Bertz CT molecular complexity index is 565. The summed E-state index contributed by atoms with van der Waals surface area (Å²) in [6.45, 7) is 13.0. The molecule has 0 heterocycles. The zero-order valence-corrected chi connectivity index (χ0v) is 13.7. The molecule has 2 aliphatic rings. The summed E-state index contributed by atoms with van der Waals surface area (Å²) in [4.78, 5) is 12.1. The smallest absolute Gasteiger partial charge is 0.393 e. The van der Waals surface area contributed by atoms with Gasteiger partial charge in [0.1, 0.15) is 0 Å². The third kappa shape index (κ3) is 1.83. The van der Waals surface area contributed by atoms with Crippen molar-refractivity contribution >= 4 is 5.97 Å². The second-order valence-electron chi connectivity index (χ2n) is 7.68. The number of aliphatic carboxylic acids is 1. The van der Waals surface area contributed by atoms with E-state index < -0.39 is 40.7 Å². The minimum absolute atomic E-state index is 0.191. The number of carboxylic acids is 1. The number of alkyl halides is 3. The molecule has 0 amide bonds. The minimum Gasteiger partial charge on any atom is -0.481 e. The molecule has 124 valence electrons. The van der Waals surface area contributed by atoms with Gasteiger partial charge in [0.15, 0.2) is 0 Å². The van der Waals surface area contributed by atoms with Gasteiger partial charge >= 0.3 is 12.1 Å². The van der Waals surface area contributed by atoms with Crippen LogP contribution in [-0.2, 0) is 4.79 Å². The topological polar surface area (TPSA) is 37.3 Å². The Kier molecular flexibility index (Phi) is 3.41. The van der Waals surface area contributed by atoms with Crippen LogP contribution < -0.4 is 0 Å². The van der Waals surface area contributed by atoms with Crippen molar-refractivity contribution in [2.24, 2.45) is 22.2 Å². The number of hydrogen-bond acceptors (Lipinski definition) is 1. The molecule has 2 aliphatic carbocycles. The molecule has 0 bridgehead atoms. The third-order valence-electron chi connectivity index (χ3n) is 6.58. The Morgan fingerprint density at radius 1 is 1.27 bits per heavy atom. The summed E-state index contributed by atoms with van der Waals surface area (Å²) in [5, 5.41) is 9.88. The zero-order valence-electron chi connectivity index (χ0n) is 13.7. The third-order valence-corrected chi connectivity index (χ3v) is 6.58. The van der Waals surface area contributed by atoms with E-state index in [0.717, 1.165) is 0 Å². The summed E-state index contributed by atoms with van der Waals surface area (Å²) >= 11 is 0. The monoisotopic (exact) mass is 316 g/mol. The van der Waals surface area contributed by atoms with Crippen molar-refractivity contribution in [2.45, 2.75) is 53.6 Å². The van der Waals surface area contributed by atoms with Crippen LogP contribution in [0, 0.1) is 22.2 Å². The van der Waals surface area contributed by atoms with Crippen molar-refractivity contribution in [3.05, 3.63) is 23.3 Å². The maximum absolute atomic E-state index is 12.8. The highest BCUT2D eigenvalue weighted by molar-refractivity contribution is 5.84. The number of carbonyl (C=O) groups is 1. The first-order valence-electron chi connectivity index (χ1n) is 7.39. The standard InChI is InChI=1S/C17H23F3O2/c1-9-7-12(10(2)11(9)8-16(18,19)20)17(13(21)22)14(3,4)15(17,5)6/h12H,1,7-8H2,2-6H3,(H,21,22). The van der Waals surface area contributed by atoms with Crippen LogP contribution in [0.4, 0.5) is 13.2 Å². The van der Waals surface area contributed by atoms with E-state index in [1.54, 1.807) is 6.92 Å². The van der Waals surface area contributed by atoms with Gasteiger partial charge in [-0.15, -0.1) is 0 Å². The lowest BCUT2D eigenvalue weighted by molar-refractivity contribution is -0.147. The first kappa shape index (κ1) is 17.1. The average molecular weight is 316 g/mol. The van der Waals surface area contributed by atoms with Crippen molar-refractivity contribution in [1.82, 2.24) is 0 Å². The van der Waals surface area contributed by atoms with Gasteiger partial charge in [-0.3, -0.25) is 4.79 Å². The molecule has 1 saturated carbocycles. The van der Waals surface area contributed by atoms with E-state index >= 15 is 0 Å². The Hall–Kier alpha value is -1.26. The number of hydrogen-bond donors (Lipinski definition) is 1. The van der Waals surface area contributed by atoms with Gasteiger partial charge in [-0.05, 0) is 29.7 Å². The summed E-state index contributed by atoms with van der Waals surface area (Å²) < 4.78 is 38.3. The predicted molar refractivity (Wildman–Crippen MR) is 78.2 cm³/mol. The first-order valence-corrected chi connectivity index (χ1v) is 7.39. The van der Waals surface area contributed by atoms with Crippen molar-refractivity contribution in [3.8, 4) is 0 Å². The lowest BCUT2D eigenvalue weighted by Crippen LogP contribution is -2.32. The highest BCUT2D eigenvalue weighted by atomic mass is 19.4. The molecular weight excluding hydrogens is 293 g/mol. The maximum atomic E-state index is 12.8. The molecule has 0 spiro atoms. The van der Waals surface area contributed by atoms with Crippen LogP contribution in [0.3, 0.4) is 0 Å². The summed E-state index contributed by atoms with van der Waals surface area (Å²) in [5.74, 6) is -1.34. The highest BCUT2D eigenvalue weighted by Gasteiger charge is 2.84. The molecule has 5 heteroatoms. The van der Waals surface area contributed by atoms with Crippen LogP contribution >= 0.6 is 0 Å². The van der Waals surface area contributed by atoms with E-state index in [1.807, 2.05) is 27.7 Å². The second-order valence-corrected chi connectivity index (χ2v) is 7.68. The van der Waals surface area contributed by atoms with Crippen molar-refractivity contribution < 1.29 is 23.1 Å². The number of rotatable bonds is 3. The normalized spacial score (nSPS) is 28.9. The molecule has 0 aromatic rings. The fourth-order valence-corrected chi connectivity index (χ4v) is 4.87. The van der Waals surface area contributed by atoms with E-state index in [4.69, 9.17) is 0 Å². The van der Waals surface area contributed by atoms with Gasteiger partial charge in [0.2, 0.25) is 0 Å². The molecule has 0 saturated heterocycles. The van der Waals surface area contributed by atoms with Crippen molar-refractivity contribution in [2.75, 3.05) is 0 Å².